The van der Waals surface area contributed by atoms with Gasteiger partial charge in [-0.1, -0.05) is 0 Å². The number of hydrogen-bond acceptors (Lipinski definition) is 2. The fraction of sp³-hybridized carbons (Fsp3) is 0. The summed E-state index contributed by atoms with van der Waals surface area (Å²) in [6.07, 6.45) is 0. The first kappa shape index (κ1) is 208. The third-order valence-corrected chi connectivity index (χ3v) is 0. The summed E-state index contributed by atoms with van der Waals surface area (Å²) in [5, 5.41) is 0. The largest absolute Gasteiger partial charge is 4.00 e. The van der Waals surface area contributed by atoms with Crippen LogP contribution >= 0.6 is 0 Å². The molecule has 0 heterocycles. The molecule has 0 saturated heterocycles. The first-order chi connectivity index (χ1) is 0. The predicted molar refractivity (Wildman–Crippen MR) is 12.5 cm³/mol. The van der Waals surface area contributed by atoms with Crippen molar-refractivity contribution in [1.82, 2.24) is 0 Å². The van der Waals surface area contributed by atoms with E-state index >= 15 is 0 Å². The third-order valence-electron chi connectivity index (χ3n) is 0. The van der Waals surface area contributed by atoms with Crippen LogP contribution in [0.5, 0.6) is 0 Å². The topological polar surface area (TPSA) is 180 Å². The molecule has 0 radical (unpaired) electrons. The number of hydrogen-bond donors (Lipinski definition) is 0. The molecule has 0 aliphatic carbocycles. The minimum absolute atomic E-state index is 0. The molecule has 0 amide bonds. The quantitative estimate of drug-likeness (QED) is 0.384. The van der Waals surface area contributed by atoms with Crippen LogP contribution in [0.25, 0.3) is 0 Å². The SMILES string of the molecule is O.O.[Mo+4].[Na+].[Na+].[O-2].[O-2].[OH-].[OH-]. The molecule has 9 heteroatoms. The normalized spacial score (nSPS) is 0. The van der Waals surface area contributed by atoms with Crippen molar-refractivity contribution in [3.8, 4) is 0 Å². The van der Waals surface area contributed by atoms with Crippen LogP contribution in [-0.2, 0) is 32.0 Å². The Bertz CT molecular complexity index is 11.0. The van der Waals surface area contributed by atoms with Crippen LogP contribution in [0, 0.1) is 0 Å². The molecule has 0 aromatic carbocycles. The van der Waals surface area contributed by atoms with E-state index in [9.17, 15) is 0 Å². The summed E-state index contributed by atoms with van der Waals surface area (Å²) in [4.78, 5) is 0. The van der Waals surface area contributed by atoms with E-state index in [0.717, 1.165) is 0 Å². The van der Waals surface area contributed by atoms with E-state index in [1.165, 1.54) is 0 Å². The van der Waals surface area contributed by atoms with E-state index in [0.29, 0.717) is 0 Å². The van der Waals surface area contributed by atoms with E-state index in [1.807, 2.05) is 0 Å². The Morgan fingerprint density at radius 3 is 0.556 bits per heavy atom. The van der Waals surface area contributed by atoms with Crippen LogP contribution < -0.4 is 59.1 Å². The van der Waals surface area contributed by atoms with E-state index in [-0.39, 0.29) is 113 Å². The predicted octanol–water partition coefficient (Wildman–Crippen LogP) is -8.24. The van der Waals surface area contributed by atoms with Gasteiger partial charge in [0.1, 0.15) is 0 Å². The summed E-state index contributed by atoms with van der Waals surface area (Å²) >= 11 is 0. The second-order valence-corrected chi connectivity index (χ2v) is 0. The summed E-state index contributed by atoms with van der Waals surface area (Å²) in [5.74, 6) is 0. The molecule has 0 fully saturated rings. The Kier molecular flexibility index (Phi) is 3600. The molecular weight excluding hydrogens is 238 g/mol. The van der Waals surface area contributed by atoms with Gasteiger partial charge in [0.25, 0.3) is 0 Å². The van der Waals surface area contributed by atoms with Gasteiger partial charge in [0, 0.05) is 0 Å². The summed E-state index contributed by atoms with van der Waals surface area (Å²) in [7, 11) is 0. The monoisotopic (exact) mass is 246 g/mol. The summed E-state index contributed by atoms with van der Waals surface area (Å²) in [6, 6.07) is 0. The van der Waals surface area contributed by atoms with Gasteiger partial charge in [0.15, 0.2) is 0 Å². The van der Waals surface area contributed by atoms with Gasteiger partial charge >= 0.3 is 80.2 Å². The zero-order chi connectivity index (χ0) is 0. The second-order valence-electron chi connectivity index (χ2n) is 0. The molecule has 50 valence electrons. The first-order valence-electron chi connectivity index (χ1n) is 0. The van der Waals surface area contributed by atoms with Crippen molar-refractivity contribution in [2.45, 2.75) is 0 Å². The molecular formula is H6MoNa2O6. The molecule has 0 bridgehead atoms. The van der Waals surface area contributed by atoms with Gasteiger partial charge in [-0.25, -0.2) is 0 Å². The van der Waals surface area contributed by atoms with E-state index in [1.54, 1.807) is 0 Å². The summed E-state index contributed by atoms with van der Waals surface area (Å²) in [5.41, 5.74) is 0. The maximum atomic E-state index is 0. The molecule has 6 N–H and O–H groups in total. The van der Waals surface area contributed by atoms with Crippen molar-refractivity contribution in [3.63, 3.8) is 0 Å². The van der Waals surface area contributed by atoms with Crippen molar-refractivity contribution in [3.05, 3.63) is 0 Å². The molecule has 0 atom stereocenters. The minimum atomic E-state index is 0. The van der Waals surface area contributed by atoms with Crippen molar-refractivity contribution in [1.29, 1.82) is 0 Å². The average Bonchev–Trinajstić information content (AvgIpc) is 0. The molecule has 0 unspecified atom stereocenters. The maximum absolute atomic E-state index is 0. The molecule has 9 heavy (non-hydrogen) atoms. The van der Waals surface area contributed by atoms with Crippen LogP contribution in [0.1, 0.15) is 0 Å². The summed E-state index contributed by atoms with van der Waals surface area (Å²) in [6.45, 7) is 0. The third kappa shape index (κ3) is 124. The van der Waals surface area contributed by atoms with Crippen molar-refractivity contribution in [2.24, 2.45) is 0 Å². The molecule has 0 aliphatic rings. The van der Waals surface area contributed by atoms with Crippen molar-refractivity contribution >= 4 is 0 Å². The van der Waals surface area contributed by atoms with Gasteiger partial charge in [-0.05, 0) is 0 Å². The van der Waals surface area contributed by atoms with Crippen LogP contribution in [0.4, 0.5) is 0 Å². The van der Waals surface area contributed by atoms with Gasteiger partial charge in [-0.2, -0.15) is 0 Å². The van der Waals surface area contributed by atoms with Gasteiger partial charge in [0.2, 0.25) is 0 Å². The van der Waals surface area contributed by atoms with E-state index in [4.69, 9.17) is 0 Å². The Morgan fingerprint density at radius 2 is 0.556 bits per heavy atom. The standard InChI is InChI=1S/Mo.2Na.4H2O.2O/h;;;4*1H2;;/q+4;2*+1;;;;;2*-2/p-2. The van der Waals surface area contributed by atoms with Crippen molar-refractivity contribution in [2.75, 3.05) is 0 Å². The number of rotatable bonds is 0. The van der Waals surface area contributed by atoms with Crippen LogP contribution in [-0.4, -0.2) is 21.9 Å². The Labute approximate surface area is 111 Å². The minimum Gasteiger partial charge on any atom is -2.00 e. The van der Waals surface area contributed by atoms with Crippen molar-refractivity contribution < 1.29 is 113 Å². The Hall–Kier alpha value is 2.45. The molecule has 0 rings (SSSR count). The zero-order valence-electron chi connectivity index (χ0n) is 5.12. The van der Waals surface area contributed by atoms with Crippen LogP contribution in [0.15, 0.2) is 0 Å². The fourth-order valence-electron chi connectivity index (χ4n) is 0. The zero-order valence-corrected chi connectivity index (χ0v) is 11.1. The average molecular weight is 244 g/mol. The van der Waals surface area contributed by atoms with Gasteiger partial charge in [0.05, 0.1) is 0 Å². The first-order valence-corrected chi connectivity index (χ1v) is 0. The molecule has 0 saturated carbocycles. The Morgan fingerprint density at radius 1 is 0.556 bits per heavy atom. The molecule has 0 aromatic rings. The van der Waals surface area contributed by atoms with Gasteiger partial charge < -0.3 is 32.9 Å². The summed E-state index contributed by atoms with van der Waals surface area (Å²) < 4.78 is 0. The Balaban J connectivity index is 0. The molecule has 0 aliphatic heterocycles. The molecule has 0 spiro atoms. The van der Waals surface area contributed by atoms with Gasteiger partial charge in [-0.15, -0.1) is 0 Å². The smallest absolute Gasteiger partial charge is 2.00 e. The molecule has 0 aromatic heterocycles. The van der Waals surface area contributed by atoms with E-state index in [2.05, 4.69) is 0 Å². The maximum Gasteiger partial charge on any atom is 4.00 e. The van der Waals surface area contributed by atoms with Crippen LogP contribution in [0.3, 0.4) is 0 Å². The van der Waals surface area contributed by atoms with Gasteiger partial charge in [-0.3, -0.25) is 0 Å². The second kappa shape index (κ2) is 156. The van der Waals surface area contributed by atoms with E-state index < -0.39 is 0 Å². The molecule has 6 nitrogen and oxygen atoms in total. The van der Waals surface area contributed by atoms with Crippen LogP contribution in [0.2, 0.25) is 0 Å². The fourth-order valence-corrected chi connectivity index (χ4v) is 0.